The summed E-state index contributed by atoms with van der Waals surface area (Å²) in [6.07, 6.45) is 4.23. The average Bonchev–Trinajstić information content (AvgIpc) is 2.60. The van der Waals surface area contributed by atoms with Gasteiger partial charge in [-0.3, -0.25) is 0 Å². The van der Waals surface area contributed by atoms with E-state index in [-0.39, 0.29) is 5.54 Å². The van der Waals surface area contributed by atoms with E-state index in [1.165, 1.54) is 5.57 Å². The zero-order valence-corrected chi connectivity index (χ0v) is 7.65. The van der Waals surface area contributed by atoms with Crippen LogP contribution in [0.25, 0.3) is 0 Å². The summed E-state index contributed by atoms with van der Waals surface area (Å²) in [5.74, 6) is 0.588. The highest BCUT2D eigenvalue weighted by molar-refractivity contribution is 5.35. The van der Waals surface area contributed by atoms with E-state index in [0.717, 1.165) is 6.54 Å². The zero-order valence-electron chi connectivity index (χ0n) is 7.65. The normalized spacial score (nSPS) is 22.8. The van der Waals surface area contributed by atoms with Gasteiger partial charge in [0.2, 0.25) is 0 Å². The Labute approximate surface area is 69.2 Å². The van der Waals surface area contributed by atoms with Crippen molar-refractivity contribution in [3.8, 4) is 0 Å². The van der Waals surface area contributed by atoms with Gasteiger partial charge in [0.15, 0.2) is 0 Å². The summed E-state index contributed by atoms with van der Waals surface area (Å²) >= 11 is 0. The molecule has 1 rings (SSSR count). The number of allylic oxidation sites excluding steroid dienone is 2. The number of hydrogen-bond acceptors (Lipinski definition) is 1. The molecule has 0 aromatic rings. The van der Waals surface area contributed by atoms with Gasteiger partial charge in [-0.05, 0) is 26.3 Å². The van der Waals surface area contributed by atoms with Crippen LogP contribution < -0.4 is 5.32 Å². The summed E-state index contributed by atoms with van der Waals surface area (Å²) in [6.45, 7) is 11.3. The second-order valence-corrected chi connectivity index (χ2v) is 4.11. The predicted octanol–water partition coefficient (Wildman–Crippen LogP) is 2.12. The molecule has 0 saturated carbocycles. The van der Waals surface area contributed by atoms with Gasteiger partial charge in [-0.25, -0.2) is 0 Å². The Morgan fingerprint density at radius 2 is 2.27 bits per heavy atom. The highest BCUT2D eigenvalue weighted by Gasteiger charge is 2.21. The Hall–Kier alpha value is -0.560. The van der Waals surface area contributed by atoms with Crippen molar-refractivity contribution >= 4 is 0 Å². The molecule has 0 amide bonds. The van der Waals surface area contributed by atoms with Crippen molar-refractivity contribution < 1.29 is 0 Å². The summed E-state index contributed by atoms with van der Waals surface area (Å²) in [5, 5.41) is 3.43. The first-order valence-corrected chi connectivity index (χ1v) is 4.11. The molecular weight excluding hydrogens is 134 g/mol. The zero-order chi connectivity index (χ0) is 8.48. The molecule has 0 aromatic heterocycles. The third-order valence-electron chi connectivity index (χ3n) is 1.79. The van der Waals surface area contributed by atoms with Crippen LogP contribution in [0.5, 0.6) is 0 Å². The smallest absolute Gasteiger partial charge is 0.0178 e. The van der Waals surface area contributed by atoms with Gasteiger partial charge in [0.05, 0.1) is 0 Å². The summed E-state index contributed by atoms with van der Waals surface area (Å²) < 4.78 is 0. The molecule has 1 N–H and O–H groups in total. The van der Waals surface area contributed by atoms with Gasteiger partial charge in [0, 0.05) is 18.0 Å². The lowest BCUT2D eigenvalue weighted by molar-refractivity contribution is 0.445. The summed E-state index contributed by atoms with van der Waals surface area (Å²) in [5.41, 5.74) is 1.71. The van der Waals surface area contributed by atoms with E-state index in [2.05, 4.69) is 38.7 Å². The molecule has 0 heterocycles. The monoisotopic (exact) mass is 151 g/mol. The molecule has 1 unspecified atom stereocenters. The molecule has 0 spiro atoms. The van der Waals surface area contributed by atoms with Gasteiger partial charge in [-0.2, -0.15) is 0 Å². The Morgan fingerprint density at radius 1 is 1.64 bits per heavy atom. The molecule has 62 valence electrons. The summed E-state index contributed by atoms with van der Waals surface area (Å²) in [7, 11) is 0. The third-order valence-corrected chi connectivity index (χ3v) is 1.79. The second kappa shape index (κ2) is 2.82. The van der Waals surface area contributed by atoms with Crippen LogP contribution in [0.3, 0.4) is 0 Å². The first-order valence-electron chi connectivity index (χ1n) is 4.11. The van der Waals surface area contributed by atoms with E-state index in [0.29, 0.717) is 5.92 Å². The van der Waals surface area contributed by atoms with Crippen LogP contribution >= 0.6 is 0 Å². The van der Waals surface area contributed by atoms with Crippen LogP contribution in [0.2, 0.25) is 0 Å². The minimum absolute atomic E-state index is 0.231. The minimum atomic E-state index is 0.231. The molecular formula is C10H17N. The van der Waals surface area contributed by atoms with Crippen LogP contribution in [-0.4, -0.2) is 12.1 Å². The lowest BCUT2D eigenvalue weighted by Crippen LogP contribution is -2.36. The van der Waals surface area contributed by atoms with Crippen LogP contribution in [0.1, 0.15) is 20.8 Å². The van der Waals surface area contributed by atoms with Gasteiger partial charge in [0.1, 0.15) is 0 Å². The van der Waals surface area contributed by atoms with Gasteiger partial charge in [0.25, 0.3) is 0 Å². The Bertz CT molecular complexity index is 184. The fourth-order valence-corrected chi connectivity index (χ4v) is 0.946. The summed E-state index contributed by atoms with van der Waals surface area (Å²) in [6, 6.07) is 0. The fourth-order valence-electron chi connectivity index (χ4n) is 0.946. The standard InChI is InChI=1S/C10H17N/c1-5-8-6-9(8)7-11-10(2,3)4/h5-6,8,11H,1,7H2,2-4H3. The number of rotatable bonds is 3. The van der Waals surface area contributed by atoms with Crippen molar-refractivity contribution in [1.29, 1.82) is 0 Å². The lowest BCUT2D eigenvalue weighted by atomic mass is 10.1. The van der Waals surface area contributed by atoms with Crippen molar-refractivity contribution in [2.24, 2.45) is 5.92 Å². The molecule has 0 fully saturated rings. The molecule has 1 nitrogen and oxygen atoms in total. The van der Waals surface area contributed by atoms with Crippen molar-refractivity contribution in [2.75, 3.05) is 6.54 Å². The Morgan fingerprint density at radius 3 is 2.64 bits per heavy atom. The van der Waals surface area contributed by atoms with E-state index in [9.17, 15) is 0 Å². The second-order valence-electron chi connectivity index (χ2n) is 4.11. The molecule has 1 heteroatoms. The molecule has 1 aliphatic rings. The average molecular weight is 151 g/mol. The van der Waals surface area contributed by atoms with Crippen LogP contribution in [0, 0.1) is 5.92 Å². The van der Waals surface area contributed by atoms with Gasteiger partial charge >= 0.3 is 0 Å². The molecule has 0 aromatic carbocycles. The molecule has 1 atom stereocenters. The molecule has 0 bridgehead atoms. The quantitative estimate of drug-likeness (QED) is 0.609. The van der Waals surface area contributed by atoms with Crippen LogP contribution in [0.4, 0.5) is 0 Å². The first kappa shape index (κ1) is 8.54. The van der Waals surface area contributed by atoms with Gasteiger partial charge < -0.3 is 5.32 Å². The van der Waals surface area contributed by atoms with Crippen LogP contribution in [0.15, 0.2) is 24.3 Å². The molecule has 1 aliphatic carbocycles. The van der Waals surface area contributed by atoms with Crippen molar-refractivity contribution in [1.82, 2.24) is 5.32 Å². The molecule has 0 saturated heterocycles. The van der Waals surface area contributed by atoms with Crippen molar-refractivity contribution in [3.05, 3.63) is 24.3 Å². The summed E-state index contributed by atoms with van der Waals surface area (Å²) in [4.78, 5) is 0. The van der Waals surface area contributed by atoms with E-state index >= 15 is 0 Å². The Kier molecular flexibility index (Phi) is 2.19. The maximum Gasteiger partial charge on any atom is 0.0178 e. The maximum absolute atomic E-state index is 3.74. The SMILES string of the molecule is C=CC1C=C1CNC(C)(C)C. The van der Waals surface area contributed by atoms with Crippen molar-refractivity contribution in [3.63, 3.8) is 0 Å². The predicted molar refractivity (Wildman–Crippen MR) is 49.5 cm³/mol. The van der Waals surface area contributed by atoms with Gasteiger partial charge in [-0.15, -0.1) is 6.58 Å². The Balaban J connectivity index is 2.16. The molecule has 0 radical (unpaired) electrons. The number of hydrogen-bond donors (Lipinski definition) is 1. The lowest BCUT2D eigenvalue weighted by Gasteiger charge is -2.19. The maximum atomic E-state index is 3.74. The van der Waals surface area contributed by atoms with E-state index in [1.807, 2.05) is 6.08 Å². The fraction of sp³-hybridized carbons (Fsp3) is 0.600. The molecule has 0 aliphatic heterocycles. The van der Waals surface area contributed by atoms with E-state index in [1.54, 1.807) is 0 Å². The number of nitrogens with one attached hydrogen (secondary N) is 1. The highest BCUT2D eigenvalue weighted by atomic mass is 14.9. The largest absolute Gasteiger partial charge is 0.308 e. The minimum Gasteiger partial charge on any atom is -0.308 e. The first-order chi connectivity index (χ1) is 5.03. The third kappa shape index (κ3) is 2.89. The highest BCUT2D eigenvalue weighted by Crippen LogP contribution is 2.28. The molecule has 11 heavy (non-hydrogen) atoms. The van der Waals surface area contributed by atoms with E-state index < -0.39 is 0 Å². The van der Waals surface area contributed by atoms with Crippen LogP contribution in [-0.2, 0) is 0 Å². The topological polar surface area (TPSA) is 12.0 Å². The van der Waals surface area contributed by atoms with Gasteiger partial charge in [-0.1, -0.05) is 12.2 Å². The van der Waals surface area contributed by atoms with Crippen molar-refractivity contribution in [2.45, 2.75) is 26.3 Å². The van der Waals surface area contributed by atoms with E-state index in [4.69, 9.17) is 0 Å².